The maximum Gasteiger partial charge on any atom is 0.287 e. The predicted octanol–water partition coefficient (Wildman–Crippen LogP) is 3.49. The van der Waals surface area contributed by atoms with Gasteiger partial charge in [0.05, 0.1) is 12.2 Å². The van der Waals surface area contributed by atoms with E-state index in [2.05, 4.69) is 5.32 Å². The minimum absolute atomic E-state index is 0.0103. The summed E-state index contributed by atoms with van der Waals surface area (Å²) in [5, 5.41) is 2.86. The fraction of sp³-hybridized carbons (Fsp3) is 0.217. The number of carbonyl (C=O) groups is 2. The maximum absolute atomic E-state index is 12.4. The molecular weight excluding hydrogens is 368 g/mol. The lowest BCUT2D eigenvalue weighted by Crippen LogP contribution is -2.38. The van der Waals surface area contributed by atoms with E-state index in [1.807, 2.05) is 55.5 Å². The zero-order valence-corrected chi connectivity index (χ0v) is 16.2. The topological polar surface area (TPSA) is 71.8 Å². The highest BCUT2D eigenvalue weighted by Crippen LogP contribution is 2.34. The van der Waals surface area contributed by atoms with Crippen LogP contribution in [0.25, 0.3) is 0 Å². The van der Waals surface area contributed by atoms with Gasteiger partial charge in [-0.05, 0) is 48.7 Å². The molecule has 0 unspecified atom stereocenters. The Balaban J connectivity index is 1.40. The summed E-state index contributed by atoms with van der Waals surface area (Å²) in [6, 6.07) is 19.0. The average Bonchev–Trinajstić information content (AvgIpc) is 3.20. The van der Waals surface area contributed by atoms with Crippen LogP contribution in [0.1, 0.15) is 27.4 Å². The van der Waals surface area contributed by atoms with E-state index >= 15 is 0 Å². The molecule has 0 radical (unpaired) electrons. The van der Waals surface area contributed by atoms with Gasteiger partial charge in [0, 0.05) is 6.54 Å². The summed E-state index contributed by atoms with van der Waals surface area (Å²) in [6.07, 6.45) is 0.749. The number of nitrogens with zero attached hydrogens (tertiary/aromatic N) is 1. The van der Waals surface area contributed by atoms with Crippen molar-refractivity contribution in [2.45, 2.75) is 19.9 Å². The molecule has 29 heavy (non-hydrogen) atoms. The third kappa shape index (κ3) is 4.32. The fourth-order valence-corrected chi connectivity index (χ4v) is 3.28. The molecule has 1 aliphatic heterocycles. The fourth-order valence-electron chi connectivity index (χ4n) is 3.28. The van der Waals surface area contributed by atoms with Gasteiger partial charge in [0.15, 0.2) is 12.4 Å². The monoisotopic (exact) mass is 390 g/mol. The van der Waals surface area contributed by atoms with Crippen molar-refractivity contribution in [2.75, 3.05) is 18.1 Å². The number of rotatable bonds is 6. The van der Waals surface area contributed by atoms with Crippen molar-refractivity contribution in [3.63, 3.8) is 0 Å². The van der Waals surface area contributed by atoms with Crippen LogP contribution in [0.3, 0.4) is 0 Å². The van der Waals surface area contributed by atoms with Crippen molar-refractivity contribution in [3.8, 4) is 5.75 Å². The quantitative estimate of drug-likeness (QED) is 0.699. The van der Waals surface area contributed by atoms with E-state index in [1.165, 1.54) is 0 Å². The molecule has 2 aromatic carbocycles. The Bertz CT molecular complexity index is 1030. The number of hydrogen-bond donors (Lipinski definition) is 1. The highest BCUT2D eigenvalue weighted by Gasteiger charge is 2.27. The molecule has 148 valence electrons. The van der Waals surface area contributed by atoms with E-state index in [1.54, 1.807) is 17.0 Å². The Morgan fingerprint density at radius 2 is 1.93 bits per heavy atom. The van der Waals surface area contributed by atoms with E-state index in [9.17, 15) is 9.59 Å². The second-order valence-electron chi connectivity index (χ2n) is 7.00. The van der Waals surface area contributed by atoms with Gasteiger partial charge in [-0.3, -0.25) is 14.5 Å². The maximum atomic E-state index is 12.4. The van der Waals surface area contributed by atoms with Crippen molar-refractivity contribution in [1.29, 1.82) is 0 Å². The Labute approximate surface area is 169 Å². The number of hydrogen-bond acceptors (Lipinski definition) is 4. The molecule has 0 atom stereocenters. The second-order valence-corrected chi connectivity index (χ2v) is 7.00. The van der Waals surface area contributed by atoms with Crippen LogP contribution in [-0.2, 0) is 17.8 Å². The SMILES string of the molecule is Cc1ccc2c(c1)N(Cc1ccc(C(=O)NCCc3ccccc3)o1)C(=O)CO2. The number of nitrogens with one attached hydrogen (secondary N) is 1. The largest absolute Gasteiger partial charge is 0.482 e. The van der Waals surface area contributed by atoms with Crippen LogP contribution in [-0.4, -0.2) is 25.0 Å². The highest BCUT2D eigenvalue weighted by atomic mass is 16.5. The molecule has 2 heterocycles. The summed E-state index contributed by atoms with van der Waals surface area (Å²) < 4.78 is 11.2. The minimum atomic E-state index is -0.267. The Morgan fingerprint density at radius 3 is 2.76 bits per heavy atom. The van der Waals surface area contributed by atoms with Crippen LogP contribution >= 0.6 is 0 Å². The van der Waals surface area contributed by atoms with Crippen molar-refractivity contribution < 1.29 is 18.7 Å². The van der Waals surface area contributed by atoms with Crippen LogP contribution in [0.4, 0.5) is 5.69 Å². The molecule has 0 saturated carbocycles. The number of carbonyl (C=O) groups excluding carboxylic acids is 2. The van der Waals surface area contributed by atoms with E-state index in [-0.39, 0.29) is 30.7 Å². The first-order valence-corrected chi connectivity index (χ1v) is 9.55. The summed E-state index contributed by atoms with van der Waals surface area (Å²) >= 11 is 0. The van der Waals surface area contributed by atoms with E-state index in [0.717, 1.165) is 17.5 Å². The Kier molecular flexibility index (Phi) is 5.33. The number of aryl methyl sites for hydroxylation is 1. The van der Waals surface area contributed by atoms with Gasteiger partial charge in [0.25, 0.3) is 11.8 Å². The van der Waals surface area contributed by atoms with Crippen LogP contribution in [0, 0.1) is 6.92 Å². The smallest absolute Gasteiger partial charge is 0.287 e. The minimum Gasteiger partial charge on any atom is -0.482 e. The molecule has 0 aliphatic carbocycles. The Hall–Kier alpha value is -3.54. The summed E-state index contributed by atoms with van der Waals surface area (Å²) in [5.74, 6) is 1.03. The number of fused-ring (bicyclic) bond motifs is 1. The lowest BCUT2D eigenvalue weighted by atomic mass is 10.1. The third-order valence-corrected chi connectivity index (χ3v) is 4.80. The molecule has 2 amide bonds. The van der Waals surface area contributed by atoms with Crippen LogP contribution in [0.5, 0.6) is 5.75 Å². The number of anilines is 1. The summed E-state index contributed by atoms with van der Waals surface area (Å²) in [6.45, 7) is 2.72. The molecule has 1 aromatic heterocycles. The normalized spacial score (nSPS) is 13.0. The number of ether oxygens (including phenoxy) is 1. The first kappa shape index (κ1) is 18.8. The molecule has 6 heteroatoms. The molecule has 3 aromatic rings. The van der Waals surface area contributed by atoms with Crippen LogP contribution < -0.4 is 15.0 Å². The van der Waals surface area contributed by atoms with Gasteiger partial charge in [0.1, 0.15) is 11.5 Å². The van der Waals surface area contributed by atoms with Crippen molar-refractivity contribution in [3.05, 3.63) is 83.3 Å². The standard InChI is InChI=1S/C23H22N2O4/c1-16-7-9-20-19(13-16)25(22(26)15-28-20)14-18-8-10-21(29-18)23(27)24-12-11-17-5-3-2-4-6-17/h2-10,13H,11-12,14-15H2,1H3,(H,24,27). The predicted molar refractivity (Wildman–Crippen MR) is 109 cm³/mol. The third-order valence-electron chi connectivity index (χ3n) is 4.80. The van der Waals surface area contributed by atoms with E-state index < -0.39 is 0 Å². The van der Waals surface area contributed by atoms with Gasteiger partial charge in [-0.15, -0.1) is 0 Å². The summed E-state index contributed by atoms with van der Waals surface area (Å²) in [7, 11) is 0. The van der Waals surface area contributed by atoms with Gasteiger partial charge < -0.3 is 14.5 Å². The highest BCUT2D eigenvalue weighted by molar-refractivity contribution is 5.97. The van der Waals surface area contributed by atoms with Crippen LogP contribution in [0.15, 0.2) is 65.1 Å². The summed E-state index contributed by atoms with van der Waals surface area (Å²) in [5.41, 5.74) is 2.91. The van der Waals surface area contributed by atoms with Gasteiger partial charge in [-0.1, -0.05) is 36.4 Å². The molecule has 0 spiro atoms. The molecular formula is C23H22N2O4. The zero-order valence-electron chi connectivity index (χ0n) is 16.2. The van der Waals surface area contributed by atoms with Gasteiger partial charge in [0.2, 0.25) is 0 Å². The van der Waals surface area contributed by atoms with Gasteiger partial charge in [-0.2, -0.15) is 0 Å². The molecule has 1 N–H and O–H groups in total. The molecule has 0 saturated heterocycles. The first-order valence-electron chi connectivity index (χ1n) is 9.55. The molecule has 1 aliphatic rings. The lowest BCUT2D eigenvalue weighted by Gasteiger charge is -2.29. The van der Waals surface area contributed by atoms with E-state index in [0.29, 0.717) is 23.7 Å². The summed E-state index contributed by atoms with van der Waals surface area (Å²) in [4.78, 5) is 26.3. The molecule has 6 nitrogen and oxygen atoms in total. The second kappa shape index (κ2) is 8.22. The van der Waals surface area contributed by atoms with Gasteiger partial charge in [-0.25, -0.2) is 0 Å². The van der Waals surface area contributed by atoms with E-state index in [4.69, 9.17) is 9.15 Å². The van der Waals surface area contributed by atoms with Gasteiger partial charge >= 0.3 is 0 Å². The number of amides is 2. The van der Waals surface area contributed by atoms with Crippen molar-refractivity contribution in [1.82, 2.24) is 5.32 Å². The number of benzene rings is 2. The van der Waals surface area contributed by atoms with Crippen molar-refractivity contribution in [2.24, 2.45) is 0 Å². The van der Waals surface area contributed by atoms with Crippen LogP contribution in [0.2, 0.25) is 0 Å². The molecule has 0 fully saturated rings. The van der Waals surface area contributed by atoms with Crippen molar-refractivity contribution >= 4 is 17.5 Å². The Morgan fingerprint density at radius 1 is 1.10 bits per heavy atom. The lowest BCUT2D eigenvalue weighted by molar-refractivity contribution is -0.121. The number of furan rings is 1. The molecule has 0 bridgehead atoms. The average molecular weight is 390 g/mol. The zero-order chi connectivity index (χ0) is 20.2. The first-order chi connectivity index (χ1) is 14.1. The molecule has 4 rings (SSSR count).